The number of hydrogen-bond acceptors (Lipinski definition) is 5. The van der Waals surface area contributed by atoms with Gasteiger partial charge in [-0.1, -0.05) is 6.58 Å². The molecule has 0 radical (unpaired) electrons. The Kier molecular flexibility index (Phi) is 6.61. The molecule has 6 nitrogen and oxygen atoms in total. The number of carbonyl (C=O) groups excluding carboxylic acids is 1. The molecule has 0 aromatic heterocycles. The van der Waals surface area contributed by atoms with Crippen LogP contribution in [0.15, 0.2) is 17.6 Å². The Hall–Kier alpha value is -1.56. The average molecular weight is 379 g/mol. The molecule has 2 atom stereocenters. The normalized spacial score (nSPS) is 26.4. The summed E-state index contributed by atoms with van der Waals surface area (Å²) in [4.78, 5) is 18.6. The molecule has 1 unspecified atom stereocenters. The number of piperidine rings is 1. The summed E-state index contributed by atoms with van der Waals surface area (Å²) in [6, 6.07) is 0.980. The van der Waals surface area contributed by atoms with Gasteiger partial charge >= 0.3 is 0 Å². The fraction of sp³-hybridized carbons (Fsp3) is 0.810. The van der Waals surface area contributed by atoms with Crippen LogP contribution in [-0.4, -0.2) is 59.2 Å². The molecule has 27 heavy (non-hydrogen) atoms. The third-order valence-electron chi connectivity index (χ3n) is 5.16. The molecule has 0 spiro atoms. The van der Waals surface area contributed by atoms with Gasteiger partial charge in [-0.2, -0.15) is 0 Å². The van der Waals surface area contributed by atoms with E-state index in [1.165, 1.54) is 6.08 Å². The van der Waals surface area contributed by atoms with Crippen molar-refractivity contribution in [2.45, 2.75) is 89.9 Å². The van der Waals surface area contributed by atoms with Gasteiger partial charge in [-0.15, -0.1) is 0 Å². The minimum absolute atomic E-state index is 0.0242. The fourth-order valence-corrected chi connectivity index (χ4v) is 3.68. The largest absolute Gasteiger partial charge is 0.463 e. The van der Waals surface area contributed by atoms with Crippen molar-refractivity contribution in [1.82, 2.24) is 15.5 Å². The molecule has 1 amide bonds. The molecular formula is C21H38N4O2. The number of aliphatic imine (C=N–C) groups is 1. The highest BCUT2D eigenvalue weighted by Gasteiger charge is 2.35. The number of ether oxygens (including phenoxy) is 1. The van der Waals surface area contributed by atoms with Crippen molar-refractivity contribution in [1.29, 1.82) is 0 Å². The van der Waals surface area contributed by atoms with E-state index >= 15 is 0 Å². The third-order valence-corrected chi connectivity index (χ3v) is 5.16. The zero-order valence-electron chi connectivity index (χ0n) is 18.0. The van der Waals surface area contributed by atoms with Gasteiger partial charge in [0.2, 0.25) is 5.91 Å². The zero-order chi connectivity index (χ0) is 20.3. The first kappa shape index (κ1) is 21.7. The molecule has 2 heterocycles. The summed E-state index contributed by atoms with van der Waals surface area (Å²) in [5.41, 5.74) is -0.270. The number of hydrogen-bond donors (Lipinski definition) is 2. The summed E-state index contributed by atoms with van der Waals surface area (Å²) in [6.45, 7) is 18.7. The molecule has 2 N–H and O–H groups in total. The second kappa shape index (κ2) is 8.21. The second-order valence-corrected chi connectivity index (χ2v) is 9.93. The molecule has 1 saturated heterocycles. The summed E-state index contributed by atoms with van der Waals surface area (Å²) >= 11 is 0. The minimum Gasteiger partial charge on any atom is -0.463 e. The Morgan fingerprint density at radius 2 is 2.11 bits per heavy atom. The Balaban J connectivity index is 1.87. The zero-order valence-corrected chi connectivity index (χ0v) is 18.0. The van der Waals surface area contributed by atoms with Crippen LogP contribution in [0.3, 0.4) is 0 Å². The van der Waals surface area contributed by atoms with Crippen molar-refractivity contribution in [3.05, 3.63) is 12.7 Å². The molecule has 0 aliphatic carbocycles. The van der Waals surface area contributed by atoms with E-state index in [-0.39, 0.29) is 22.5 Å². The second-order valence-electron chi connectivity index (χ2n) is 9.93. The molecule has 2 aliphatic heterocycles. The lowest BCUT2D eigenvalue weighted by Gasteiger charge is -2.39. The van der Waals surface area contributed by atoms with E-state index in [0.717, 1.165) is 38.8 Å². The minimum atomic E-state index is -0.191. The first-order chi connectivity index (χ1) is 12.4. The lowest BCUT2D eigenvalue weighted by Crippen LogP contribution is -2.54. The smallest absolute Gasteiger partial charge is 0.285 e. The van der Waals surface area contributed by atoms with Crippen molar-refractivity contribution in [2.24, 2.45) is 4.99 Å². The Morgan fingerprint density at radius 1 is 1.41 bits per heavy atom. The summed E-state index contributed by atoms with van der Waals surface area (Å²) in [5, 5.41) is 7.09. The number of likely N-dealkylation sites (tertiary alicyclic amines) is 1. The quantitative estimate of drug-likeness (QED) is 0.698. The molecule has 154 valence electrons. The van der Waals surface area contributed by atoms with E-state index < -0.39 is 0 Å². The van der Waals surface area contributed by atoms with Gasteiger partial charge < -0.3 is 20.3 Å². The SMILES string of the molecule is C=CC(=O)N1CCC[C@@H](NC(C)(C)CCC2(C)COC(NC(C)(C)C)=N2)C1. The van der Waals surface area contributed by atoms with Gasteiger partial charge in [0.1, 0.15) is 6.61 Å². The lowest BCUT2D eigenvalue weighted by atomic mass is 9.88. The van der Waals surface area contributed by atoms with Gasteiger partial charge in [0.05, 0.1) is 5.54 Å². The molecule has 6 heteroatoms. The highest BCUT2D eigenvalue weighted by Crippen LogP contribution is 2.28. The van der Waals surface area contributed by atoms with Crippen LogP contribution in [0.25, 0.3) is 0 Å². The molecule has 1 fully saturated rings. The highest BCUT2D eigenvalue weighted by atomic mass is 16.5. The first-order valence-electron chi connectivity index (χ1n) is 10.1. The van der Waals surface area contributed by atoms with Crippen molar-refractivity contribution in [3.63, 3.8) is 0 Å². The Morgan fingerprint density at radius 3 is 2.74 bits per heavy atom. The number of nitrogens with one attached hydrogen (secondary N) is 2. The number of nitrogens with zero attached hydrogens (tertiary/aromatic N) is 2. The van der Waals surface area contributed by atoms with Crippen LogP contribution in [0.1, 0.15) is 67.2 Å². The van der Waals surface area contributed by atoms with Crippen LogP contribution in [0.5, 0.6) is 0 Å². The predicted molar refractivity (Wildman–Crippen MR) is 111 cm³/mol. The number of rotatable bonds is 6. The topological polar surface area (TPSA) is 66.0 Å². The predicted octanol–water partition coefficient (Wildman–Crippen LogP) is 2.84. The molecule has 0 saturated carbocycles. The van der Waals surface area contributed by atoms with Crippen LogP contribution in [0.4, 0.5) is 0 Å². The van der Waals surface area contributed by atoms with Crippen molar-refractivity contribution >= 4 is 11.9 Å². The molecule has 0 aromatic carbocycles. The van der Waals surface area contributed by atoms with Gasteiger partial charge in [-0.05, 0) is 73.3 Å². The van der Waals surface area contributed by atoms with Crippen molar-refractivity contribution in [2.75, 3.05) is 19.7 Å². The lowest BCUT2D eigenvalue weighted by molar-refractivity contribution is -0.127. The van der Waals surface area contributed by atoms with E-state index in [1.807, 2.05) is 4.90 Å². The van der Waals surface area contributed by atoms with Crippen LogP contribution in [-0.2, 0) is 9.53 Å². The molecule has 2 aliphatic rings. The van der Waals surface area contributed by atoms with E-state index in [9.17, 15) is 4.79 Å². The summed E-state index contributed by atoms with van der Waals surface area (Å²) in [5.74, 6) is 0.0307. The maximum Gasteiger partial charge on any atom is 0.285 e. The van der Waals surface area contributed by atoms with Crippen molar-refractivity contribution in [3.8, 4) is 0 Å². The van der Waals surface area contributed by atoms with Gasteiger partial charge in [-0.3, -0.25) is 4.79 Å². The van der Waals surface area contributed by atoms with Crippen LogP contribution >= 0.6 is 0 Å². The monoisotopic (exact) mass is 378 g/mol. The molecule has 0 bridgehead atoms. The van der Waals surface area contributed by atoms with E-state index in [1.54, 1.807) is 0 Å². The van der Waals surface area contributed by atoms with Crippen LogP contribution in [0.2, 0.25) is 0 Å². The molecule has 0 aromatic rings. The number of amidine groups is 1. The highest BCUT2D eigenvalue weighted by molar-refractivity contribution is 5.87. The van der Waals surface area contributed by atoms with Crippen molar-refractivity contribution < 1.29 is 9.53 Å². The van der Waals surface area contributed by atoms with Gasteiger partial charge in [0, 0.05) is 30.2 Å². The molecule has 2 rings (SSSR count). The number of amides is 1. The Labute approximate surface area is 164 Å². The maximum atomic E-state index is 11.9. The summed E-state index contributed by atoms with van der Waals surface area (Å²) in [6.07, 6.45) is 5.48. The van der Waals surface area contributed by atoms with Crippen LogP contribution in [0, 0.1) is 0 Å². The first-order valence-corrected chi connectivity index (χ1v) is 10.1. The van der Waals surface area contributed by atoms with Gasteiger partial charge in [0.25, 0.3) is 6.02 Å². The summed E-state index contributed by atoms with van der Waals surface area (Å²) < 4.78 is 5.78. The van der Waals surface area contributed by atoms with Gasteiger partial charge in [0.15, 0.2) is 0 Å². The Bertz CT molecular complexity index is 579. The van der Waals surface area contributed by atoms with E-state index in [4.69, 9.17) is 9.73 Å². The fourth-order valence-electron chi connectivity index (χ4n) is 3.68. The standard InChI is InChI=1S/C21H38N4O2/c1-8-17(26)25-13-9-10-16(14-25)22-20(5,6)11-12-21(7)15-27-18(24-21)23-19(2,3)4/h8,16,22H,1,9-15H2,2-7H3,(H,23,24)/t16-,21?/m1/s1. The maximum absolute atomic E-state index is 11.9. The summed E-state index contributed by atoms with van der Waals surface area (Å²) in [7, 11) is 0. The van der Waals surface area contributed by atoms with Crippen LogP contribution < -0.4 is 10.6 Å². The number of carbonyl (C=O) groups is 1. The average Bonchev–Trinajstić information content (AvgIpc) is 2.92. The third kappa shape index (κ3) is 6.83. The molecular weight excluding hydrogens is 340 g/mol. The van der Waals surface area contributed by atoms with Gasteiger partial charge in [-0.25, -0.2) is 4.99 Å². The van der Waals surface area contributed by atoms with E-state index in [0.29, 0.717) is 18.7 Å². The van der Waals surface area contributed by atoms with E-state index in [2.05, 4.69) is 58.8 Å².